The van der Waals surface area contributed by atoms with Crippen LogP contribution in [0.3, 0.4) is 0 Å². The van der Waals surface area contributed by atoms with Crippen LogP contribution in [0.4, 0.5) is 5.82 Å². The molecule has 0 bridgehead atoms. The van der Waals surface area contributed by atoms with Crippen molar-refractivity contribution in [2.45, 2.75) is 19.9 Å². The molecule has 1 aromatic heterocycles. The molecule has 23 heavy (non-hydrogen) atoms. The number of aromatic nitrogens is 2. The minimum atomic E-state index is 0.0407. The van der Waals surface area contributed by atoms with Gasteiger partial charge >= 0.3 is 0 Å². The van der Waals surface area contributed by atoms with Gasteiger partial charge in [0.15, 0.2) is 0 Å². The fourth-order valence-corrected chi connectivity index (χ4v) is 2.80. The van der Waals surface area contributed by atoms with Crippen LogP contribution in [0.25, 0.3) is 11.3 Å². The number of nitrogens with zero attached hydrogens (tertiary/aromatic N) is 3. The minimum Gasteiger partial charge on any atom is -0.382 e. The van der Waals surface area contributed by atoms with Gasteiger partial charge in [-0.1, -0.05) is 38.1 Å². The number of amides is 1. The Morgan fingerprint density at radius 2 is 2.13 bits per heavy atom. The van der Waals surface area contributed by atoms with E-state index < -0.39 is 0 Å². The first-order chi connectivity index (χ1) is 11.1. The maximum Gasteiger partial charge on any atom is 0.254 e. The molecule has 0 aliphatic carbocycles. The molecule has 118 valence electrons. The van der Waals surface area contributed by atoms with Crippen LogP contribution in [0.5, 0.6) is 0 Å². The van der Waals surface area contributed by atoms with E-state index in [1.165, 1.54) is 6.20 Å². The zero-order chi connectivity index (χ0) is 16.4. The molecular weight excluding hydrogens is 288 g/mol. The van der Waals surface area contributed by atoms with Crippen molar-refractivity contribution in [1.82, 2.24) is 14.9 Å². The fraction of sp³-hybridized carbons (Fsp3) is 0.278. The van der Waals surface area contributed by atoms with Crippen molar-refractivity contribution in [3.05, 3.63) is 54.4 Å². The van der Waals surface area contributed by atoms with Crippen molar-refractivity contribution in [2.75, 3.05) is 12.3 Å². The van der Waals surface area contributed by atoms with Crippen LogP contribution in [-0.4, -0.2) is 33.4 Å². The summed E-state index contributed by atoms with van der Waals surface area (Å²) in [6, 6.07) is 7.64. The third-order valence-electron chi connectivity index (χ3n) is 4.02. The maximum atomic E-state index is 12.8. The first-order valence-corrected chi connectivity index (χ1v) is 7.72. The summed E-state index contributed by atoms with van der Waals surface area (Å²) < 4.78 is 0. The van der Waals surface area contributed by atoms with Crippen molar-refractivity contribution in [3.8, 4) is 11.3 Å². The van der Waals surface area contributed by atoms with Gasteiger partial charge in [0.05, 0.1) is 24.1 Å². The molecule has 5 nitrogen and oxygen atoms in total. The summed E-state index contributed by atoms with van der Waals surface area (Å²) in [6.07, 6.45) is 7.30. The largest absolute Gasteiger partial charge is 0.382 e. The highest BCUT2D eigenvalue weighted by atomic mass is 16.2. The van der Waals surface area contributed by atoms with Gasteiger partial charge in [-0.25, -0.2) is 4.98 Å². The molecular formula is C18H20N4O. The molecule has 2 N–H and O–H groups in total. The number of benzene rings is 1. The van der Waals surface area contributed by atoms with E-state index >= 15 is 0 Å². The molecule has 1 aliphatic heterocycles. The molecule has 2 aromatic rings. The molecule has 0 fully saturated rings. The molecule has 1 aliphatic rings. The molecule has 5 heteroatoms. The lowest BCUT2D eigenvalue weighted by Gasteiger charge is -2.27. The highest BCUT2D eigenvalue weighted by Gasteiger charge is 2.27. The third kappa shape index (κ3) is 3.08. The van der Waals surface area contributed by atoms with Crippen molar-refractivity contribution < 1.29 is 4.79 Å². The summed E-state index contributed by atoms with van der Waals surface area (Å²) in [5.74, 6) is 0.812. The van der Waals surface area contributed by atoms with Gasteiger partial charge < -0.3 is 10.6 Å². The van der Waals surface area contributed by atoms with Crippen LogP contribution in [0.15, 0.2) is 48.8 Å². The van der Waals surface area contributed by atoms with Crippen molar-refractivity contribution >= 4 is 11.7 Å². The van der Waals surface area contributed by atoms with Gasteiger partial charge in [-0.3, -0.25) is 9.78 Å². The second-order valence-electron chi connectivity index (χ2n) is 6.03. The molecule has 3 rings (SSSR count). The Morgan fingerprint density at radius 1 is 1.30 bits per heavy atom. The molecule has 1 aromatic carbocycles. The molecule has 0 saturated carbocycles. The smallest absolute Gasteiger partial charge is 0.254 e. The van der Waals surface area contributed by atoms with Gasteiger partial charge in [0.25, 0.3) is 5.91 Å². The number of hydrogen-bond donors (Lipinski definition) is 1. The Morgan fingerprint density at radius 3 is 2.83 bits per heavy atom. The summed E-state index contributed by atoms with van der Waals surface area (Å²) >= 11 is 0. The topological polar surface area (TPSA) is 72.1 Å². The number of carbonyl (C=O) groups is 1. The van der Waals surface area contributed by atoms with Gasteiger partial charge in [-0.05, 0) is 18.1 Å². The molecule has 1 atom stereocenters. The maximum absolute atomic E-state index is 12.8. The molecule has 0 radical (unpaired) electrons. The molecule has 1 unspecified atom stereocenters. The lowest BCUT2D eigenvalue weighted by molar-refractivity contribution is 0.0720. The first kappa shape index (κ1) is 15.2. The predicted molar refractivity (Wildman–Crippen MR) is 90.7 cm³/mol. The van der Waals surface area contributed by atoms with Gasteiger partial charge in [0, 0.05) is 17.7 Å². The number of carbonyl (C=O) groups excluding carboxylic acids is 1. The van der Waals surface area contributed by atoms with E-state index in [2.05, 4.69) is 36.0 Å². The number of nitrogen functional groups attached to an aromatic ring is 1. The summed E-state index contributed by atoms with van der Waals surface area (Å²) in [7, 11) is 0. The fourth-order valence-electron chi connectivity index (χ4n) is 2.80. The first-order valence-electron chi connectivity index (χ1n) is 7.72. The summed E-state index contributed by atoms with van der Waals surface area (Å²) in [4.78, 5) is 23.0. The Bertz CT molecular complexity index is 737. The van der Waals surface area contributed by atoms with Crippen LogP contribution in [0, 0.1) is 5.92 Å². The van der Waals surface area contributed by atoms with Crippen molar-refractivity contribution in [1.29, 1.82) is 0 Å². The van der Waals surface area contributed by atoms with E-state index in [1.54, 1.807) is 6.20 Å². The average molecular weight is 308 g/mol. The van der Waals surface area contributed by atoms with Crippen LogP contribution >= 0.6 is 0 Å². The van der Waals surface area contributed by atoms with E-state index in [0.717, 1.165) is 5.56 Å². The molecule has 0 spiro atoms. The Kier molecular flexibility index (Phi) is 4.10. The second kappa shape index (κ2) is 6.20. The zero-order valence-corrected chi connectivity index (χ0v) is 13.3. The Labute approximate surface area is 135 Å². The van der Waals surface area contributed by atoms with Gasteiger partial charge in [0.2, 0.25) is 0 Å². The predicted octanol–water partition coefficient (Wildman–Crippen LogP) is 2.76. The van der Waals surface area contributed by atoms with Gasteiger partial charge in [0.1, 0.15) is 5.82 Å². The van der Waals surface area contributed by atoms with Crippen LogP contribution < -0.4 is 5.73 Å². The van der Waals surface area contributed by atoms with Crippen molar-refractivity contribution in [2.24, 2.45) is 5.92 Å². The van der Waals surface area contributed by atoms with Gasteiger partial charge in [-0.15, -0.1) is 0 Å². The zero-order valence-electron chi connectivity index (χ0n) is 13.3. The Hall–Kier alpha value is -2.69. The summed E-state index contributed by atoms with van der Waals surface area (Å²) in [5.41, 5.74) is 7.79. The molecule has 2 heterocycles. The van der Waals surface area contributed by atoms with Crippen LogP contribution in [0.2, 0.25) is 0 Å². The SMILES string of the molecule is CC(C)C1C=CCN1C(=O)c1cccc(-c2cnc(N)cn2)c1. The van der Waals surface area contributed by atoms with E-state index in [9.17, 15) is 4.79 Å². The summed E-state index contributed by atoms with van der Waals surface area (Å²) in [5, 5.41) is 0. The number of anilines is 1. The third-order valence-corrected chi connectivity index (χ3v) is 4.02. The van der Waals surface area contributed by atoms with E-state index in [4.69, 9.17) is 5.73 Å². The average Bonchev–Trinajstić information content (AvgIpc) is 3.05. The highest BCUT2D eigenvalue weighted by Crippen LogP contribution is 2.23. The summed E-state index contributed by atoms with van der Waals surface area (Å²) in [6.45, 7) is 4.91. The molecule has 0 saturated heterocycles. The molecule has 1 amide bonds. The lowest BCUT2D eigenvalue weighted by Crippen LogP contribution is -2.39. The van der Waals surface area contributed by atoms with Crippen molar-refractivity contribution in [3.63, 3.8) is 0 Å². The standard InChI is InChI=1S/C18H20N4O/c1-12(2)16-7-4-8-22(16)18(23)14-6-3-5-13(9-14)15-10-21-17(19)11-20-15/h3-7,9-12,16H,8H2,1-2H3,(H2,19,21). The van der Waals surface area contributed by atoms with Crippen LogP contribution in [-0.2, 0) is 0 Å². The number of nitrogens with two attached hydrogens (primary N) is 1. The quantitative estimate of drug-likeness (QED) is 0.885. The monoisotopic (exact) mass is 308 g/mol. The number of hydrogen-bond acceptors (Lipinski definition) is 4. The second-order valence-corrected chi connectivity index (χ2v) is 6.03. The normalized spacial score (nSPS) is 17.0. The Balaban J connectivity index is 1.88. The minimum absolute atomic E-state index is 0.0407. The lowest BCUT2D eigenvalue weighted by atomic mass is 10.0. The highest BCUT2D eigenvalue weighted by molar-refractivity contribution is 5.96. The van der Waals surface area contributed by atoms with E-state index in [1.807, 2.05) is 29.2 Å². The van der Waals surface area contributed by atoms with Crippen LogP contribution in [0.1, 0.15) is 24.2 Å². The van der Waals surface area contributed by atoms with Gasteiger partial charge in [-0.2, -0.15) is 0 Å². The van der Waals surface area contributed by atoms with E-state index in [-0.39, 0.29) is 11.9 Å². The number of rotatable bonds is 3. The van der Waals surface area contributed by atoms with E-state index in [0.29, 0.717) is 29.5 Å².